The van der Waals surface area contributed by atoms with Crippen LogP contribution >= 0.6 is 0 Å². The number of aromatic nitrogens is 3. The van der Waals surface area contributed by atoms with Crippen LogP contribution in [0.15, 0.2) is 98.0 Å². The Morgan fingerprint density at radius 2 is 0.814 bits per heavy atom. The number of carbonyl (C=O) groups is 7. The normalized spacial score (nSPS) is 19.2. The number of nitrogens with zero attached hydrogens (tertiary/aromatic N) is 7. The first-order valence-corrected chi connectivity index (χ1v) is 38.9. The van der Waals surface area contributed by atoms with E-state index in [1.807, 2.05) is 4.90 Å². The number of methoxy groups -OCH3 is 5. The molecular formula is C85H102F9N7O17. The molecule has 10 rings (SSSR count). The number of aldehydes is 1. The number of halogens is 9. The molecule has 0 spiro atoms. The minimum Gasteiger partial charge on any atom is -0.478 e. The van der Waals surface area contributed by atoms with Crippen molar-refractivity contribution in [3.8, 4) is 34.9 Å². The molecular weight excluding hydrogens is 1560 g/mol. The molecule has 0 unspecified atom stereocenters. The highest BCUT2D eigenvalue weighted by Gasteiger charge is 2.42. The molecule has 118 heavy (non-hydrogen) atoms. The molecule has 4 aliphatic rings. The third kappa shape index (κ3) is 24.8. The van der Waals surface area contributed by atoms with Gasteiger partial charge in [-0.2, -0.15) is 39.5 Å². The molecule has 3 aromatic heterocycles. The highest BCUT2D eigenvalue weighted by atomic mass is 19.4. The average molecular weight is 1660 g/mol. The second-order valence-corrected chi connectivity index (χ2v) is 30.2. The number of carboxylic acid groups (broad SMARTS) is 1. The molecule has 1 saturated heterocycles. The van der Waals surface area contributed by atoms with Crippen LogP contribution < -0.4 is 28.9 Å². The third-order valence-corrected chi connectivity index (χ3v) is 21.2. The van der Waals surface area contributed by atoms with Crippen LogP contribution in [0.2, 0.25) is 0 Å². The summed E-state index contributed by atoms with van der Waals surface area (Å²) in [6.45, 7) is 18.3. The van der Waals surface area contributed by atoms with Crippen molar-refractivity contribution in [3.63, 3.8) is 0 Å². The summed E-state index contributed by atoms with van der Waals surface area (Å²) in [7, 11) is 6.86. The van der Waals surface area contributed by atoms with Crippen LogP contribution in [0.3, 0.4) is 0 Å². The van der Waals surface area contributed by atoms with E-state index in [0.29, 0.717) is 81.4 Å². The van der Waals surface area contributed by atoms with E-state index in [4.69, 9.17) is 42.6 Å². The summed E-state index contributed by atoms with van der Waals surface area (Å²) in [6.07, 6.45) is 0.428. The Morgan fingerprint density at radius 1 is 0.492 bits per heavy atom. The Balaban J connectivity index is 0.000000221. The smallest absolute Gasteiger partial charge is 0.421 e. The van der Waals surface area contributed by atoms with Gasteiger partial charge in [0, 0.05) is 82.9 Å². The number of hydrogen-bond donors (Lipinski definition) is 1. The molecule has 3 amide bonds. The molecule has 3 aliphatic carbocycles. The molecule has 4 fully saturated rings. The van der Waals surface area contributed by atoms with Crippen molar-refractivity contribution in [2.75, 3.05) is 96.4 Å². The number of rotatable bonds is 28. The van der Waals surface area contributed by atoms with E-state index >= 15 is 0 Å². The van der Waals surface area contributed by atoms with Gasteiger partial charge in [0.25, 0.3) is 0 Å². The lowest BCUT2D eigenvalue weighted by molar-refractivity contribution is -0.139. The molecule has 24 nitrogen and oxygen atoms in total. The highest BCUT2D eigenvalue weighted by molar-refractivity contribution is 6.06. The summed E-state index contributed by atoms with van der Waals surface area (Å²) in [5.41, 5.74) is -2.85. The molecule has 3 aromatic carbocycles. The molecule has 1 aliphatic heterocycles. The minimum absolute atomic E-state index is 0.0262. The lowest BCUT2D eigenvalue weighted by Gasteiger charge is -2.35. The first kappa shape index (κ1) is 93.4. The van der Waals surface area contributed by atoms with Gasteiger partial charge in [0.1, 0.15) is 33.9 Å². The Morgan fingerprint density at radius 3 is 1.14 bits per heavy atom. The van der Waals surface area contributed by atoms with E-state index in [0.717, 1.165) is 82.9 Å². The Kier molecular flexibility index (Phi) is 33.7. The Hall–Kier alpha value is -10.1. The maximum atomic E-state index is 14.0. The van der Waals surface area contributed by atoms with Crippen molar-refractivity contribution in [1.29, 1.82) is 0 Å². The van der Waals surface area contributed by atoms with E-state index in [1.165, 1.54) is 110 Å². The second-order valence-electron chi connectivity index (χ2n) is 30.2. The van der Waals surface area contributed by atoms with Gasteiger partial charge in [-0.05, 0) is 199 Å². The van der Waals surface area contributed by atoms with Gasteiger partial charge in [-0.1, -0.05) is 33.4 Å². The van der Waals surface area contributed by atoms with E-state index in [9.17, 15) is 78.2 Å². The number of carbonyl (C=O) groups excluding carboxylic acids is 6. The Labute approximate surface area is 679 Å². The Bertz CT molecular complexity index is 4260. The number of carboxylic acids is 1. The molecule has 0 radical (unpaired) electrons. The fourth-order valence-corrected chi connectivity index (χ4v) is 14.8. The molecule has 4 heterocycles. The maximum absolute atomic E-state index is 14.0. The zero-order valence-electron chi connectivity index (χ0n) is 67.9. The van der Waals surface area contributed by atoms with Crippen molar-refractivity contribution < 1.29 is 121 Å². The number of hydrogen-bond acceptors (Lipinski definition) is 20. The van der Waals surface area contributed by atoms with Gasteiger partial charge >= 0.3 is 36.4 Å². The van der Waals surface area contributed by atoms with E-state index in [2.05, 4.69) is 42.3 Å². The molecule has 33 heteroatoms. The first-order chi connectivity index (χ1) is 56.0. The monoisotopic (exact) mass is 1660 g/mol. The van der Waals surface area contributed by atoms with Crippen molar-refractivity contribution in [2.45, 2.75) is 162 Å². The van der Waals surface area contributed by atoms with Crippen LogP contribution in [-0.4, -0.2) is 167 Å². The minimum atomic E-state index is -4.84. The first-order valence-electron chi connectivity index (χ1n) is 38.9. The zero-order chi connectivity index (χ0) is 86.5. The number of pyridine rings is 3. The number of anilines is 3. The molecule has 0 bridgehead atoms. The van der Waals surface area contributed by atoms with Crippen LogP contribution in [0.4, 0.5) is 56.6 Å². The van der Waals surface area contributed by atoms with Crippen LogP contribution in [0, 0.1) is 35.5 Å². The molecule has 1 N–H and O–H groups in total. The van der Waals surface area contributed by atoms with Crippen molar-refractivity contribution >= 4 is 65.1 Å². The van der Waals surface area contributed by atoms with E-state index in [1.54, 1.807) is 20.8 Å². The number of morpholine rings is 1. The lowest BCUT2D eigenvalue weighted by atomic mass is 9.82. The zero-order valence-corrected chi connectivity index (χ0v) is 67.9. The second kappa shape index (κ2) is 42.5. The summed E-state index contributed by atoms with van der Waals surface area (Å²) >= 11 is 0. The van der Waals surface area contributed by atoms with Crippen LogP contribution in [-0.2, 0) is 67.9 Å². The summed E-state index contributed by atoms with van der Waals surface area (Å²) in [4.78, 5) is 108. The fourth-order valence-electron chi connectivity index (χ4n) is 14.8. The average Bonchev–Trinajstić information content (AvgIpc) is 0.787. The summed E-state index contributed by atoms with van der Waals surface area (Å²) < 4.78 is 171. The molecule has 642 valence electrons. The van der Waals surface area contributed by atoms with Crippen LogP contribution in [0.25, 0.3) is 6.08 Å². The van der Waals surface area contributed by atoms with Crippen molar-refractivity contribution in [2.24, 2.45) is 35.5 Å². The molecule has 6 aromatic rings. The number of alkyl halides is 9. The molecule has 3 atom stereocenters. The predicted octanol–water partition coefficient (Wildman–Crippen LogP) is 17.8. The van der Waals surface area contributed by atoms with E-state index < -0.39 is 88.9 Å². The SMILES string of the molecule is C=Cc1cnc(Oc2ccc(N(C(=O)C3CCC(C)CC3)[C@@H](C)COC)c(C(=O)OC)c2)c(C(F)(F)F)c1.COC[C@H](C)N(C(=O)C1CCC(C)CC1)c1ccc(Oc2ncc(C=O)cc2C(F)(F)F)cc1C(=O)OC.COC[C@H](C)N(C(=O)C1CCC(C)CC1)c1ccc(Oc2ncc(CN3CCOCC3)cc2C(F)(F)F)cc1C(=O)O. The number of esters is 2. The van der Waals surface area contributed by atoms with Gasteiger partial charge in [-0.15, -0.1) is 0 Å². The van der Waals surface area contributed by atoms with Gasteiger partial charge in [-0.3, -0.25) is 24.1 Å². The van der Waals surface area contributed by atoms with Crippen molar-refractivity contribution in [1.82, 2.24) is 19.9 Å². The van der Waals surface area contributed by atoms with Crippen LogP contribution in [0.5, 0.6) is 34.9 Å². The van der Waals surface area contributed by atoms with E-state index in [-0.39, 0.29) is 130 Å². The van der Waals surface area contributed by atoms with Gasteiger partial charge in [0.15, 0.2) is 6.29 Å². The van der Waals surface area contributed by atoms with Gasteiger partial charge in [0.05, 0.1) is 99.1 Å². The van der Waals surface area contributed by atoms with Crippen molar-refractivity contribution in [3.05, 3.63) is 148 Å². The number of ether oxygens (including phenoxy) is 9. The number of benzene rings is 3. The topological polar surface area (TPSA) is 274 Å². The van der Waals surface area contributed by atoms with Gasteiger partial charge in [-0.25, -0.2) is 29.3 Å². The van der Waals surface area contributed by atoms with Gasteiger partial charge < -0.3 is 62.4 Å². The third-order valence-electron chi connectivity index (χ3n) is 21.2. The standard InChI is InChI=1S/C30H38F3N3O6.C28H33F3N2O5.C27H31F3N2O6/c1-19-4-6-22(7-5-19)28(37)36(20(2)18-40-3)26-9-8-23(15-24(26)29(38)39)42-27-25(30(31,32)33)14-21(16-34-27)17-35-10-12-41-13-11-35;1-6-19-13-23(28(29,30)31)25(32-15-19)38-21-11-12-24(22(14-21)27(35)37-5)33(18(3)16-36-4)26(34)20-9-7-17(2)8-10-20;1-16-5-7-19(8-6-16)25(34)32(17(2)15-36-3)23-10-9-20(12-21(23)26(35)37-4)38-24-22(27(28,29)30)11-18(14-33)13-31-24/h8-9,14-16,19-20,22H,4-7,10-13,17-18H2,1-3H3,(H,38,39);6,11-15,17-18,20H,1,7-10,16H2,2-5H3;9-14,16-17,19H,5-8,15H2,1-4H3/t19?,20-,22?;17?,18-,20?;16?,17-,19?/m000/s1. The quantitative estimate of drug-likeness (QED) is 0.0271. The largest absolute Gasteiger partial charge is 0.478 e. The summed E-state index contributed by atoms with van der Waals surface area (Å²) in [5.74, 6) is -5.02. The predicted molar refractivity (Wildman–Crippen MR) is 418 cm³/mol. The lowest BCUT2D eigenvalue weighted by Crippen LogP contribution is -2.46. The summed E-state index contributed by atoms with van der Waals surface area (Å²) in [5, 5.41) is 10.1. The maximum Gasteiger partial charge on any atom is 0.421 e. The molecule has 3 saturated carbocycles. The number of aromatic carboxylic acids is 1. The fraction of sp³-hybridized carbons (Fsp3) is 0.506. The van der Waals surface area contributed by atoms with Crippen LogP contribution in [0.1, 0.15) is 188 Å². The summed E-state index contributed by atoms with van der Waals surface area (Å²) in [6, 6.07) is 13.2. The van der Waals surface area contributed by atoms with Gasteiger partial charge in [0.2, 0.25) is 35.4 Å². The number of amides is 3. The highest BCUT2D eigenvalue weighted by Crippen LogP contribution is 2.45.